The Kier molecular flexibility index (Phi) is 3.54. The van der Waals surface area contributed by atoms with E-state index in [-0.39, 0.29) is 5.82 Å². The van der Waals surface area contributed by atoms with Crippen LogP contribution in [0.2, 0.25) is 0 Å². The van der Waals surface area contributed by atoms with Crippen LogP contribution in [0.15, 0.2) is 41.9 Å². The van der Waals surface area contributed by atoms with E-state index in [0.717, 1.165) is 33.1 Å². The van der Waals surface area contributed by atoms with Crippen LogP contribution in [-0.4, -0.2) is 15.0 Å². The van der Waals surface area contributed by atoms with E-state index in [4.69, 9.17) is 0 Å². The molecule has 0 fully saturated rings. The highest BCUT2D eigenvalue weighted by molar-refractivity contribution is 7.14. The molecular formula is C18H15FN4S. The molecule has 0 saturated heterocycles. The maximum absolute atomic E-state index is 13.7. The van der Waals surface area contributed by atoms with E-state index in [1.807, 2.05) is 30.5 Å². The zero-order valence-corrected chi connectivity index (χ0v) is 14.0. The molecule has 3 heterocycles. The molecule has 120 valence electrons. The Morgan fingerprint density at radius 1 is 1.21 bits per heavy atom. The van der Waals surface area contributed by atoms with Crippen LogP contribution in [0.3, 0.4) is 0 Å². The van der Waals surface area contributed by atoms with Gasteiger partial charge in [-0.2, -0.15) is 0 Å². The molecule has 3 aromatic heterocycles. The van der Waals surface area contributed by atoms with Gasteiger partial charge in [-0.05, 0) is 43.7 Å². The normalized spacial score (nSPS) is 11.1. The highest BCUT2D eigenvalue weighted by Crippen LogP contribution is 2.34. The number of aromatic amines is 1. The number of aromatic nitrogens is 3. The summed E-state index contributed by atoms with van der Waals surface area (Å²) in [6.07, 6.45) is 1.77. The van der Waals surface area contributed by atoms with Crippen LogP contribution in [0.25, 0.3) is 22.3 Å². The molecule has 0 aliphatic carbocycles. The quantitative estimate of drug-likeness (QED) is 0.541. The van der Waals surface area contributed by atoms with Gasteiger partial charge in [0.05, 0.1) is 5.69 Å². The number of thiazole rings is 1. The van der Waals surface area contributed by atoms with Crippen LogP contribution in [-0.2, 0) is 0 Å². The zero-order valence-electron chi connectivity index (χ0n) is 13.2. The van der Waals surface area contributed by atoms with Gasteiger partial charge in [-0.25, -0.2) is 14.4 Å². The van der Waals surface area contributed by atoms with Crippen molar-refractivity contribution in [3.05, 3.63) is 59.0 Å². The molecule has 0 radical (unpaired) electrons. The van der Waals surface area contributed by atoms with E-state index >= 15 is 0 Å². The van der Waals surface area contributed by atoms with Gasteiger partial charge in [0.2, 0.25) is 0 Å². The van der Waals surface area contributed by atoms with Crippen LogP contribution < -0.4 is 5.32 Å². The summed E-state index contributed by atoms with van der Waals surface area (Å²) >= 11 is 1.49. The Hall–Kier alpha value is -2.73. The lowest BCUT2D eigenvalue weighted by molar-refractivity contribution is 0.619. The fraction of sp³-hybridized carbons (Fsp3) is 0.111. The van der Waals surface area contributed by atoms with Crippen molar-refractivity contribution in [2.24, 2.45) is 0 Å². The van der Waals surface area contributed by atoms with Crippen LogP contribution in [0.1, 0.15) is 11.3 Å². The number of halogens is 1. The van der Waals surface area contributed by atoms with Crippen LogP contribution in [0.5, 0.6) is 0 Å². The van der Waals surface area contributed by atoms with Gasteiger partial charge in [0.25, 0.3) is 0 Å². The van der Waals surface area contributed by atoms with Gasteiger partial charge in [-0.3, -0.25) is 0 Å². The topological polar surface area (TPSA) is 53.6 Å². The standard InChI is InChI=1S/C18H15FN4S/c1-10-5-6-12(8-14(10)19)22-18-23-15(9-24-18)16-11(2)21-17-13(16)4-3-7-20-17/h3-9H,1-2H3,(H,20,21)(H,22,23). The molecule has 0 saturated carbocycles. The maximum Gasteiger partial charge on any atom is 0.187 e. The van der Waals surface area contributed by atoms with Gasteiger partial charge in [0, 0.05) is 33.9 Å². The zero-order chi connectivity index (χ0) is 16.7. The third kappa shape index (κ3) is 2.55. The molecule has 0 spiro atoms. The highest BCUT2D eigenvalue weighted by atomic mass is 32.1. The molecular weight excluding hydrogens is 323 g/mol. The van der Waals surface area contributed by atoms with Crippen molar-refractivity contribution in [1.29, 1.82) is 0 Å². The first-order valence-corrected chi connectivity index (χ1v) is 8.42. The number of nitrogens with zero attached hydrogens (tertiary/aromatic N) is 2. The average molecular weight is 338 g/mol. The largest absolute Gasteiger partial charge is 0.343 e. The van der Waals surface area contributed by atoms with Crippen LogP contribution in [0, 0.1) is 19.7 Å². The van der Waals surface area contributed by atoms with Crippen molar-refractivity contribution in [3.8, 4) is 11.3 Å². The van der Waals surface area contributed by atoms with E-state index < -0.39 is 0 Å². The van der Waals surface area contributed by atoms with Crippen molar-refractivity contribution < 1.29 is 4.39 Å². The summed E-state index contributed by atoms with van der Waals surface area (Å²) in [5.41, 5.74) is 5.14. The number of hydrogen-bond acceptors (Lipinski definition) is 4. The highest BCUT2D eigenvalue weighted by Gasteiger charge is 2.14. The summed E-state index contributed by atoms with van der Waals surface area (Å²) < 4.78 is 13.7. The van der Waals surface area contributed by atoms with Crippen molar-refractivity contribution in [2.75, 3.05) is 5.32 Å². The summed E-state index contributed by atoms with van der Waals surface area (Å²) in [6.45, 7) is 3.76. The Labute approximate surface area is 142 Å². The summed E-state index contributed by atoms with van der Waals surface area (Å²) in [6, 6.07) is 9.03. The summed E-state index contributed by atoms with van der Waals surface area (Å²) in [5.74, 6) is -0.227. The predicted molar refractivity (Wildman–Crippen MR) is 96.4 cm³/mol. The Balaban J connectivity index is 1.69. The number of pyridine rings is 1. The number of anilines is 2. The molecule has 0 unspecified atom stereocenters. The maximum atomic E-state index is 13.7. The second-order valence-corrected chi connectivity index (χ2v) is 6.51. The molecule has 0 aliphatic heterocycles. The number of nitrogens with one attached hydrogen (secondary N) is 2. The second-order valence-electron chi connectivity index (χ2n) is 5.65. The van der Waals surface area contributed by atoms with Crippen molar-refractivity contribution >= 4 is 33.2 Å². The molecule has 24 heavy (non-hydrogen) atoms. The molecule has 0 amide bonds. The number of aryl methyl sites for hydroxylation is 2. The summed E-state index contributed by atoms with van der Waals surface area (Å²) in [5, 5.41) is 6.94. The minimum atomic E-state index is -0.227. The smallest absolute Gasteiger partial charge is 0.187 e. The number of benzene rings is 1. The van der Waals surface area contributed by atoms with E-state index in [0.29, 0.717) is 11.3 Å². The molecule has 0 aliphatic rings. The summed E-state index contributed by atoms with van der Waals surface area (Å²) in [7, 11) is 0. The van der Waals surface area contributed by atoms with Crippen molar-refractivity contribution in [3.63, 3.8) is 0 Å². The minimum absolute atomic E-state index is 0.227. The van der Waals surface area contributed by atoms with Crippen LogP contribution in [0.4, 0.5) is 15.2 Å². The third-order valence-electron chi connectivity index (χ3n) is 3.94. The SMILES string of the molecule is Cc1ccc(Nc2nc(-c3c(C)[nH]c4ncccc34)cs2)cc1F. The van der Waals surface area contributed by atoms with E-state index in [9.17, 15) is 4.39 Å². The lowest BCUT2D eigenvalue weighted by Crippen LogP contribution is -1.92. The fourth-order valence-corrected chi connectivity index (χ4v) is 3.44. The lowest BCUT2D eigenvalue weighted by Gasteiger charge is -2.04. The third-order valence-corrected chi connectivity index (χ3v) is 4.70. The molecule has 4 aromatic rings. The second kappa shape index (κ2) is 5.72. The first-order chi connectivity index (χ1) is 11.6. The Bertz CT molecular complexity index is 1030. The minimum Gasteiger partial charge on any atom is -0.343 e. The van der Waals surface area contributed by atoms with Gasteiger partial charge in [0.15, 0.2) is 5.13 Å². The average Bonchev–Trinajstić information content (AvgIpc) is 3.14. The first-order valence-electron chi connectivity index (χ1n) is 7.54. The molecule has 0 atom stereocenters. The molecule has 4 rings (SSSR count). The Morgan fingerprint density at radius 2 is 2.08 bits per heavy atom. The molecule has 0 bridgehead atoms. The van der Waals surface area contributed by atoms with Gasteiger partial charge in [0.1, 0.15) is 11.5 Å². The molecule has 1 aromatic carbocycles. The summed E-state index contributed by atoms with van der Waals surface area (Å²) in [4.78, 5) is 12.3. The van der Waals surface area contributed by atoms with Gasteiger partial charge in [-0.1, -0.05) is 6.07 Å². The first kappa shape index (κ1) is 14.8. The van der Waals surface area contributed by atoms with Gasteiger partial charge < -0.3 is 10.3 Å². The van der Waals surface area contributed by atoms with Crippen LogP contribution >= 0.6 is 11.3 Å². The van der Waals surface area contributed by atoms with Gasteiger partial charge in [-0.15, -0.1) is 11.3 Å². The number of H-pyrrole nitrogens is 1. The number of hydrogen-bond donors (Lipinski definition) is 2. The van der Waals surface area contributed by atoms with E-state index in [1.165, 1.54) is 17.4 Å². The monoisotopic (exact) mass is 338 g/mol. The molecule has 6 heteroatoms. The van der Waals surface area contributed by atoms with E-state index in [2.05, 4.69) is 20.3 Å². The fourth-order valence-electron chi connectivity index (χ4n) is 2.72. The molecule has 4 nitrogen and oxygen atoms in total. The molecule has 2 N–H and O–H groups in total. The van der Waals surface area contributed by atoms with Crippen molar-refractivity contribution in [1.82, 2.24) is 15.0 Å². The van der Waals surface area contributed by atoms with E-state index in [1.54, 1.807) is 19.2 Å². The van der Waals surface area contributed by atoms with Crippen molar-refractivity contribution in [2.45, 2.75) is 13.8 Å². The Morgan fingerprint density at radius 3 is 2.92 bits per heavy atom. The lowest BCUT2D eigenvalue weighted by atomic mass is 10.1. The number of rotatable bonds is 3. The predicted octanol–water partition coefficient (Wildman–Crippen LogP) is 5.19. The van der Waals surface area contributed by atoms with Gasteiger partial charge >= 0.3 is 0 Å². The number of fused-ring (bicyclic) bond motifs is 1.